The molecule has 2 aromatic rings. The van der Waals surface area contributed by atoms with Crippen LogP contribution in [-0.4, -0.2) is 36.4 Å². The van der Waals surface area contributed by atoms with E-state index in [0.29, 0.717) is 6.04 Å². The van der Waals surface area contributed by atoms with E-state index >= 15 is 0 Å². The normalized spacial score (nSPS) is 23.4. The highest BCUT2D eigenvalue weighted by molar-refractivity contribution is 7.13. The number of hydrogen-bond acceptors (Lipinski definition) is 5. The molecule has 2 saturated heterocycles. The Labute approximate surface area is 147 Å². The van der Waals surface area contributed by atoms with Gasteiger partial charge in [0.1, 0.15) is 5.01 Å². The highest BCUT2D eigenvalue weighted by Gasteiger charge is 2.38. The van der Waals surface area contributed by atoms with Crippen molar-refractivity contribution in [1.82, 2.24) is 10.3 Å². The quantitative estimate of drug-likeness (QED) is 0.920. The van der Waals surface area contributed by atoms with Crippen LogP contribution in [0.4, 0.5) is 0 Å². The van der Waals surface area contributed by atoms with E-state index in [1.165, 1.54) is 5.56 Å². The van der Waals surface area contributed by atoms with Gasteiger partial charge in [0, 0.05) is 43.4 Å². The van der Waals surface area contributed by atoms with Crippen LogP contribution < -0.4 is 5.32 Å². The molecule has 4 nitrogen and oxygen atoms in total. The van der Waals surface area contributed by atoms with Gasteiger partial charge in [0.15, 0.2) is 0 Å². The average Bonchev–Trinajstić information content (AvgIpc) is 3.11. The molecule has 0 bridgehead atoms. The van der Waals surface area contributed by atoms with Crippen molar-refractivity contribution in [2.75, 3.05) is 19.8 Å². The van der Waals surface area contributed by atoms with Crippen LogP contribution in [0.1, 0.15) is 31.4 Å². The molecule has 1 unspecified atom stereocenters. The number of ether oxygens (including phenoxy) is 2. The maximum Gasteiger partial charge on any atom is 0.123 e. The predicted octanol–water partition coefficient (Wildman–Crippen LogP) is 3.63. The molecule has 0 amide bonds. The van der Waals surface area contributed by atoms with Crippen molar-refractivity contribution >= 4 is 11.3 Å². The van der Waals surface area contributed by atoms with Crippen LogP contribution in [0.5, 0.6) is 0 Å². The van der Waals surface area contributed by atoms with Gasteiger partial charge in [0.25, 0.3) is 0 Å². The second-order valence-electron chi connectivity index (χ2n) is 6.72. The molecule has 1 N–H and O–H groups in total. The first-order valence-electron chi connectivity index (χ1n) is 8.78. The van der Waals surface area contributed by atoms with E-state index in [2.05, 4.69) is 35.0 Å². The first-order chi connectivity index (χ1) is 11.8. The van der Waals surface area contributed by atoms with Gasteiger partial charge >= 0.3 is 0 Å². The van der Waals surface area contributed by atoms with Gasteiger partial charge in [-0.2, -0.15) is 0 Å². The molecule has 0 saturated carbocycles. The SMILES string of the molecule is c1ccc(-c2nc(CNC3CCOC4(CCOCC4)C3)cs2)cc1. The van der Waals surface area contributed by atoms with Crippen molar-refractivity contribution < 1.29 is 9.47 Å². The van der Waals surface area contributed by atoms with E-state index in [9.17, 15) is 0 Å². The summed E-state index contributed by atoms with van der Waals surface area (Å²) in [5, 5.41) is 6.96. The summed E-state index contributed by atoms with van der Waals surface area (Å²) in [6.45, 7) is 3.35. The largest absolute Gasteiger partial charge is 0.381 e. The number of hydrogen-bond donors (Lipinski definition) is 1. The summed E-state index contributed by atoms with van der Waals surface area (Å²) in [7, 11) is 0. The third-order valence-corrected chi connectivity index (χ3v) is 5.98. The number of thiazole rings is 1. The molecule has 3 heterocycles. The van der Waals surface area contributed by atoms with Crippen LogP contribution in [0, 0.1) is 0 Å². The Morgan fingerprint density at radius 2 is 2.00 bits per heavy atom. The summed E-state index contributed by atoms with van der Waals surface area (Å²) < 4.78 is 11.6. The minimum Gasteiger partial charge on any atom is -0.381 e. The van der Waals surface area contributed by atoms with E-state index < -0.39 is 0 Å². The number of nitrogens with one attached hydrogen (secondary N) is 1. The second kappa shape index (κ2) is 7.31. The van der Waals surface area contributed by atoms with Crippen molar-refractivity contribution in [3.05, 3.63) is 41.4 Å². The number of nitrogens with zero attached hydrogens (tertiary/aromatic N) is 1. The molecule has 1 atom stereocenters. The first-order valence-corrected chi connectivity index (χ1v) is 9.66. The minimum absolute atomic E-state index is 0.0471. The van der Waals surface area contributed by atoms with Crippen LogP contribution in [0.25, 0.3) is 10.6 Å². The van der Waals surface area contributed by atoms with Crippen LogP contribution in [0.3, 0.4) is 0 Å². The summed E-state index contributed by atoms with van der Waals surface area (Å²) >= 11 is 1.72. The van der Waals surface area contributed by atoms with Crippen LogP contribution >= 0.6 is 11.3 Å². The van der Waals surface area contributed by atoms with Crippen molar-refractivity contribution in [1.29, 1.82) is 0 Å². The van der Waals surface area contributed by atoms with Gasteiger partial charge in [-0.15, -0.1) is 11.3 Å². The van der Waals surface area contributed by atoms with Gasteiger partial charge in [0.05, 0.1) is 11.3 Å². The summed E-state index contributed by atoms with van der Waals surface area (Å²) in [4.78, 5) is 4.77. The monoisotopic (exact) mass is 344 g/mol. The Balaban J connectivity index is 1.34. The molecule has 2 aliphatic heterocycles. The Hall–Kier alpha value is -1.27. The lowest BCUT2D eigenvalue weighted by Crippen LogP contribution is -2.49. The fraction of sp³-hybridized carbons (Fsp3) is 0.526. The van der Waals surface area contributed by atoms with E-state index in [-0.39, 0.29) is 5.60 Å². The Morgan fingerprint density at radius 1 is 1.17 bits per heavy atom. The van der Waals surface area contributed by atoms with Gasteiger partial charge in [-0.1, -0.05) is 30.3 Å². The lowest BCUT2D eigenvalue weighted by atomic mass is 9.84. The zero-order valence-electron chi connectivity index (χ0n) is 13.9. The molecule has 24 heavy (non-hydrogen) atoms. The zero-order chi connectivity index (χ0) is 16.2. The molecular weight excluding hydrogens is 320 g/mol. The van der Waals surface area contributed by atoms with Gasteiger partial charge in [-0.25, -0.2) is 4.98 Å². The Kier molecular flexibility index (Phi) is 4.94. The molecule has 1 aromatic heterocycles. The molecule has 0 radical (unpaired) electrons. The topological polar surface area (TPSA) is 43.4 Å². The summed E-state index contributed by atoms with van der Waals surface area (Å²) in [6, 6.07) is 10.9. The molecule has 4 rings (SSSR count). The molecule has 2 fully saturated rings. The maximum atomic E-state index is 6.12. The van der Waals surface area contributed by atoms with E-state index in [1.54, 1.807) is 11.3 Å². The average molecular weight is 344 g/mol. The number of benzene rings is 1. The lowest BCUT2D eigenvalue weighted by molar-refractivity contribution is -0.140. The second-order valence-corrected chi connectivity index (χ2v) is 7.58. The fourth-order valence-electron chi connectivity index (χ4n) is 3.64. The Bertz CT molecular complexity index is 647. The smallest absolute Gasteiger partial charge is 0.123 e. The van der Waals surface area contributed by atoms with Gasteiger partial charge in [-0.05, 0) is 25.7 Å². The summed E-state index contributed by atoms with van der Waals surface area (Å²) in [6.07, 6.45) is 4.23. The third kappa shape index (κ3) is 3.70. The fourth-order valence-corrected chi connectivity index (χ4v) is 4.47. The van der Waals surface area contributed by atoms with E-state index in [0.717, 1.165) is 62.8 Å². The molecular formula is C19H24N2O2S. The zero-order valence-corrected chi connectivity index (χ0v) is 14.7. The van der Waals surface area contributed by atoms with Gasteiger partial charge in [0.2, 0.25) is 0 Å². The first kappa shape index (κ1) is 16.2. The standard InChI is InChI=1S/C19H24N2O2S/c1-2-4-15(5-3-1)18-21-17(14-24-18)13-20-16-6-9-23-19(12-16)7-10-22-11-8-19/h1-5,14,16,20H,6-13H2. The van der Waals surface area contributed by atoms with Crippen molar-refractivity contribution in [3.63, 3.8) is 0 Å². The van der Waals surface area contributed by atoms with Crippen molar-refractivity contribution in [2.24, 2.45) is 0 Å². The number of aromatic nitrogens is 1. The Morgan fingerprint density at radius 3 is 2.83 bits per heavy atom. The van der Waals surface area contributed by atoms with Gasteiger partial charge < -0.3 is 14.8 Å². The van der Waals surface area contributed by atoms with Crippen LogP contribution in [0.2, 0.25) is 0 Å². The van der Waals surface area contributed by atoms with Crippen molar-refractivity contribution in [3.8, 4) is 10.6 Å². The highest BCUT2D eigenvalue weighted by Crippen LogP contribution is 2.34. The van der Waals surface area contributed by atoms with Crippen LogP contribution in [-0.2, 0) is 16.0 Å². The molecule has 128 valence electrons. The minimum atomic E-state index is 0.0471. The summed E-state index contributed by atoms with van der Waals surface area (Å²) in [5.41, 5.74) is 2.37. The van der Waals surface area contributed by atoms with Gasteiger partial charge in [-0.3, -0.25) is 0 Å². The van der Waals surface area contributed by atoms with E-state index in [4.69, 9.17) is 14.5 Å². The molecule has 1 aromatic carbocycles. The van der Waals surface area contributed by atoms with Crippen molar-refractivity contribution in [2.45, 2.75) is 43.9 Å². The molecule has 2 aliphatic rings. The maximum absolute atomic E-state index is 6.12. The van der Waals surface area contributed by atoms with E-state index in [1.807, 2.05) is 6.07 Å². The predicted molar refractivity (Wildman–Crippen MR) is 96.1 cm³/mol. The lowest BCUT2D eigenvalue weighted by Gasteiger charge is -2.43. The highest BCUT2D eigenvalue weighted by atomic mass is 32.1. The third-order valence-electron chi connectivity index (χ3n) is 5.04. The summed E-state index contributed by atoms with van der Waals surface area (Å²) in [5.74, 6) is 0. The number of rotatable bonds is 4. The molecule has 1 spiro atoms. The molecule has 0 aliphatic carbocycles. The van der Waals surface area contributed by atoms with Crippen LogP contribution in [0.15, 0.2) is 35.7 Å². The molecule has 5 heteroatoms.